The molecule has 0 aromatic heterocycles. The lowest BCUT2D eigenvalue weighted by molar-refractivity contribution is -0.125. The average Bonchev–Trinajstić information content (AvgIpc) is 2.53. The molecule has 0 fully saturated rings. The summed E-state index contributed by atoms with van der Waals surface area (Å²) in [6, 6.07) is 15.6. The Balaban J connectivity index is 2.35. The highest BCUT2D eigenvalue weighted by Crippen LogP contribution is 2.19. The van der Waals surface area contributed by atoms with Gasteiger partial charge < -0.3 is 0 Å². The zero-order valence-corrected chi connectivity index (χ0v) is 14.7. The molecule has 0 aliphatic carbocycles. The quantitative estimate of drug-likeness (QED) is 0.756. The van der Waals surface area contributed by atoms with Crippen molar-refractivity contribution < 1.29 is 13.2 Å². The molecule has 4 nitrogen and oxygen atoms in total. The molecular weight excluding hydrogens is 322 g/mol. The van der Waals surface area contributed by atoms with Gasteiger partial charge in [-0.25, -0.2) is 12.7 Å². The van der Waals surface area contributed by atoms with Gasteiger partial charge in [-0.15, -0.1) is 0 Å². The van der Waals surface area contributed by atoms with E-state index in [0.29, 0.717) is 5.57 Å². The number of benzene rings is 2. The van der Waals surface area contributed by atoms with E-state index in [9.17, 15) is 13.2 Å². The zero-order valence-electron chi connectivity index (χ0n) is 13.9. The van der Waals surface area contributed by atoms with Crippen molar-refractivity contribution in [3.05, 3.63) is 77.9 Å². The van der Waals surface area contributed by atoms with Crippen molar-refractivity contribution in [2.75, 3.05) is 6.54 Å². The Bertz CT molecular complexity index is 825. The molecule has 5 heteroatoms. The lowest BCUT2D eigenvalue weighted by atomic mass is 10.1. The molecule has 0 atom stereocenters. The highest BCUT2D eigenvalue weighted by molar-refractivity contribution is 7.89. The molecule has 0 saturated carbocycles. The molecule has 0 bridgehead atoms. The van der Waals surface area contributed by atoms with E-state index >= 15 is 0 Å². The van der Waals surface area contributed by atoms with Crippen LogP contribution in [0.25, 0.3) is 0 Å². The van der Waals surface area contributed by atoms with Gasteiger partial charge in [0.1, 0.15) is 0 Å². The topological polar surface area (TPSA) is 54.5 Å². The number of nitrogens with zero attached hydrogens (tertiary/aromatic N) is 1. The standard InChI is InChI=1S/C19H21NO3S/c1-15(2)14-20(19(21)13-17-7-5-4-6-8-17)24(22,23)18-11-9-16(3)10-12-18/h4-12H,1,13-14H2,2-3H3. The number of hydrogen-bond donors (Lipinski definition) is 0. The smallest absolute Gasteiger partial charge is 0.266 e. The highest BCUT2D eigenvalue weighted by atomic mass is 32.2. The summed E-state index contributed by atoms with van der Waals surface area (Å²) in [5.41, 5.74) is 2.33. The van der Waals surface area contributed by atoms with Crippen LogP contribution in [0.3, 0.4) is 0 Å². The van der Waals surface area contributed by atoms with Crippen molar-refractivity contribution in [3.8, 4) is 0 Å². The Labute approximate surface area is 143 Å². The maximum atomic E-state index is 12.9. The first-order valence-corrected chi connectivity index (χ1v) is 9.05. The molecule has 24 heavy (non-hydrogen) atoms. The van der Waals surface area contributed by atoms with E-state index < -0.39 is 15.9 Å². The summed E-state index contributed by atoms with van der Waals surface area (Å²) in [6.07, 6.45) is 0.0270. The van der Waals surface area contributed by atoms with Gasteiger partial charge in [-0.1, -0.05) is 60.2 Å². The molecule has 1 amide bonds. The van der Waals surface area contributed by atoms with E-state index in [4.69, 9.17) is 0 Å². The van der Waals surface area contributed by atoms with Crippen LogP contribution < -0.4 is 0 Å². The molecule has 0 N–H and O–H groups in total. The summed E-state index contributed by atoms with van der Waals surface area (Å²) >= 11 is 0. The third kappa shape index (κ3) is 4.32. The van der Waals surface area contributed by atoms with Crippen molar-refractivity contribution in [1.29, 1.82) is 0 Å². The van der Waals surface area contributed by atoms with Gasteiger partial charge in [0, 0.05) is 0 Å². The summed E-state index contributed by atoms with van der Waals surface area (Å²) in [4.78, 5) is 12.7. The second-order valence-electron chi connectivity index (χ2n) is 5.84. The summed E-state index contributed by atoms with van der Waals surface area (Å²) < 4.78 is 26.7. The van der Waals surface area contributed by atoms with Crippen molar-refractivity contribution in [3.63, 3.8) is 0 Å². The predicted octanol–water partition coefficient (Wildman–Crippen LogP) is 3.33. The number of amides is 1. The molecule has 0 spiro atoms. The summed E-state index contributed by atoms with van der Waals surface area (Å²) in [6.45, 7) is 7.30. The van der Waals surface area contributed by atoms with Crippen molar-refractivity contribution >= 4 is 15.9 Å². The van der Waals surface area contributed by atoms with Gasteiger partial charge in [-0.05, 0) is 31.5 Å². The number of sulfonamides is 1. The van der Waals surface area contributed by atoms with Gasteiger partial charge in [0.2, 0.25) is 5.91 Å². The number of hydrogen-bond acceptors (Lipinski definition) is 3. The molecule has 0 radical (unpaired) electrons. The lowest BCUT2D eigenvalue weighted by Crippen LogP contribution is -2.39. The Morgan fingerprint density at radius 3 is 2.17 bits per heavy atom. The zero-order chi connectivity index (χ0) is 17.7. The molecular formula is C19H21NO3S. The van der Waals surface area contributed by atoms with E-state index in [1.54, 1.807) is 31.2 Å². The van der Waals surface area contributed by atoms with E-state index in [-0.39, 0.29) is 17.9 Å². The minimum atomic E-state index is -3.91. The minimum Gasteiger partial charge on any atom is -0.273 e. The van der Waals surface area contributed by atoms with Crippen LogP contribution in [0.15, 0.2) is 71.6 Å². The second kappa shape index (κ2) is 7.45. The number of rotatable bonds is 6. The molecule has 0 aliphatic heterocycles. The fourth-order valence-corrected chi connectivity index (χ4v) is 3.71. The van der Waals surface area contributed by atoms with Crippen LogP contribution in [-0.2, 0) is 21.2 Å². The van der Waals surface area contributed by atoms with E-state index in [1.165, 1.54) is 12.1 Å². The van der Waals surface area contributed by atoms with Crippen LogP contribution in [0.4, 0.5) is 0 Å². The third-order valence-corrected chi connectivity index (χ3v) is 5.28. The van der Waals surface area contributed by atoms with E-state index in [2.05, 4.69) is 6.58 Å². The SMILES string of the molecule is C=C(C)CN(C(=O)Cc1ccccc1)S(=O)(=O)c1ccc(C)cc1. The molecule has 2 aromatic carbocycles. The monoisotopic (exact) mass is 343 g/mol. The molecule has 126 valence electrons. The fraction of sp³-hybridized carbons (Fsp3) is 0.211. The second-order valence-corrected chi connectivity index (χ2v) is 7.70. The molecule has 0 heterocycles. The fourth-order valence-electron chi connectivity index (χ4n) is 2.25. The summed E-state index contributed by atoms with van der Waals surface area (Å²) in [7, 11) is -3.91. The predicted molar refractivity (Wildman–Crippen MR) is 95.0 cm³/mol. The average molecular weight is 343 g/mol. The van der Waals surface area contributed by atoms with Crippen LogP contribution in [0.5, 0.6) is 0 Å². The Kier molecular flexibility index (Phi) is 5.57. The van der Waals surface area contributed by atoms with Crippen LogP contribution >= 0.6 is 0 Å². The first kappa shape index (κ1) is 17.9. The summed E-state index contributed by atoms with van der Waals surface area (Å²) in [5, 5.41) is 0. The van der Waals surface area contributed by atoms with Crippen molar-refractivity contribution in [1.82, 2.24) is 4.31 Å². The van der Waals surface area contributed by atoms with E-state index in [1.807, 2.05) is 25.1 Å². The van der Waals surface area contributed by atoms with Gasteiger partial charge in [-0.2, -0.15) is 0 Å². The van der Waals surface area contributed by atoms with Gasteiger partial charge in [0.15, 0.2) is 0 Å². The minimum absolute atomic E-state index is 0.0259. The van der Waals surface area contributed by atoms with Crippen LogP contribution in [0, 0.1) is 6.92 Å². The molecule has 0 aliphatic rings. The first-order chi connectivity index (χ1) is 11.3. The largest absolute Gasteiger partial charge is 0.273 e. The third-order valence-electron chi connectivity index (χ3n) is 3.50. The maximum absolute atomic E-state index is 12.9. The van der Waals surface area contributed by atoms with Gasteiger partial charge >= 0.3 is 0 Å². The Hall–Kier alpha value is -2.40. The number of carbonyl (C=O) groups excluding carboxylic acids is 1. The number of carbonyl (C=O) groups is 1. The van der Waals surface area contributed by atoms with Crippen LogP contribution in [0.1, 0.15) is 18.1 Å². The molecule has 2 rings (SSSR count). The Morgan fingerprint density at radius 1 is 1.04 bits per heavy atom. The normalized spacial score (nSPS) is 11.1. The van der Waals surface area contributed by atoms with E-state index in [0.717, 1.165) is 15.4 Å². The lowest BCUT2D eigenvalue weighted by Gasteiger charge is -2.23. The van der Waals surface area contributed by atoms with Gasteiger partial charge in [0.05, 0.1) is 17.9 Å². The molecule has 0 unspecified atom stereocenters. The van der Waals surface area contributed by atoms with Gasteiger partial charge in [0.25, 0.3) is 10.0 Å². The van der Waals surface area contributed by atoms with Gasteiger partial charge in [-0.3, -0.25) is 4.79 Å². The van der Waals surface area contributed by atoms with Crippen molar-refractivity contribution in [2.45, 2.75) is 25.2 Å². The number of aryl methyl sites for hydroxylation is 1. The first-order valence-electron chi connectivity index (χ1n) is 7.61. The van der Waals surface area contributed by atoms with Crippen LogP contribution in [0.2, 0.25) is 0 Å². The van der Waals surface area contributed by atoms with Crippen molar-refractivity contribution in [2.24, 2.45) is 0 Å². The summed E-state index contributed by atoms with van der Waals surface area (Å²) in [5.74, 6) is -0.468. The molecule has 0 saturated heterocycles. The van der Waals surface area contributed by atoms with Crippen LogP contribution in [-0.4, -0.2) is 25.2 Å². The maximum Gasteiger partial charge on any atom is 0.266 e. The Morgan fingerprint density at radius 2 is 1.62 bits per heavy atom. The molecule has 2 aromatic rings. The highest BCUT2D eigenvalue weighted by Gasteiger charge is 2.29.